The van der Waals surface area contributed by atoms with Gasteiger partial charge < -0.3 is 24.6 Å². The number of methoxy groups -OCH3 is 1. The van der Waals surface area contributed by atoms with Gasteiger partial charge in [-0.15, -0.1) is 0 Å². The number of hydrogen-bond acceptors (Lipinski definition) is 6. The molecule has 0 aliphatic carbocycles. The molecule has 2 amide bonds. The highest BCUT2D eigenvalue weighted by Crippen LogP contribution is 2.37. The minimum absolute atomic E-state index is 0.0115. The van der Waals surface area contributed by atoms with Crippen molar-refractivity contribution < 1.29 is 23.5 Å². The molecule has 10 heteroatoms. The van der Waals surface area contributed by atoms with Crippen LogP contribution in [0.1, 0.15) is 48.9 Å². The Morgan fingerprint density at radius 1 is 1.16 bits per heavy atom. The second-order valence-electron chi connectivity index (χ2n) is 10.0. The highest BCUT2D eigenvalue weighted by Gasteiger charge is 2.44. The number of benzene rings is 1. The number of nitrogens with zero attached hydrogens (tertiary/aromatic N) is 3. The third-order valence-corrected chi connectivity index (χ3v) is 7.79. The average molecular weight is 531 g/mol. The Labute approximate surface area is 221 Å². The molecular weight excluding hydrogens is 499 g/mol. The molecule has 198 valence electrons. The van der Waals surface area contributed by atoms with Gasteiger partial charge in [-0.2, -0.15) is 0 Å². The lowest BCUT2D eigenvalue weighted by Gasteiger charge is -2.39. The van der Waals surface area contributed by atoms with Gasteiger partial charge in [-0.05, 0) is 56.0 Å². The number of ether oxygens (including phenoxy) is 2. The van der Waals surface area contributed by atoms with Crippen molar-refractivity contribution >= 4 is 29.2 Å². The molecule has 37 heavy (non-hydrogen) atoms. The first-order chi connectivity index (χ1) is 17.9. The van der Waals surface area contributed by atoms with Crippen LogP contribution in [0.15, 0.2) is 36.5 Å². The summed E-state index contributed by atoms with van der Waals surface area (Å²) in [6.07, 6.45) is 6.59. The number of amides is 2. The monoisotopic (exact) mass is 530 g/mol. The number of pyridine rings is 1. The van der Waals surface area contributed by atoms with Gasteiger partial charge in [0.25, 0.3) is 5.91 Å². The summed E-state index contributed by atoms with van der Waals surface area (Å²) in [5.74, 6) is 0.511. The summed E-state index contributed by atoms with van der Waals surface area (Å²) in [7, 11) is 1.63. The zero-order valence-corrected chi connectivity index (χ0v) is 21.6. The maximum absolute atomic E-state index is 13.4. The average Bonchev–Trinajstić information content (AvgIpc) is 3.46. The number of fused-ring (bicyclic) bond motifs is 2. The van der Waals surface area contributed by atoms with Gasteiger partial charge in [0.15, 0.2) is 0 Å². The molecule has 8 nitrogen and oxygen atoms in total. The largest absolute Gasteiger partial charge is 0.490 e. The molecule has 4 heterocycles. The summed E-state index contributed by atoms with van der Waals surface area (Å²) in [6.45, 7) is 1.16. The quantitative estimate of drug-likeness (QED) is 0.552. The first-order valence-corrected chi connectivity index (χ1v) is 13.2. The van der Waals surface area contributed by atoms with Crippen molar-refractivity contribution in [2.24, 2.45) is 0 Å². The van der Waals surface area contributed by atoms with Crippen molar-refractivity contribution in [1.82, 2.24) is 14.8 Å². The summed E-state index contributed by atoms with van der Waals surface area (Å²) in [5.41, 5.74) is 0.359. The highest BCUT2D eigenvalue weighted by molar-refractivity contribution is 6.31. The minimum atomic E-state index is -0.296. The van der Waals surface area contributed by atoms with Crippen LogP contribution >= 0.6 is 11.6 Å². The van der Waals surface area contributed by atoms with Crippen LogP contribution in [0.3, 0.4) is 0 Å². The fraction of sp³-hybridized carbons (Fsp3) is 0.519. The number of halogens is 2. The summed E-state index contributed by atoms with van der Waals surface area (Å²) >= 11 is 6.18. The Morgan fingerprint density at radius 2 is 1.89 bits per heavy atom. The van der Waals surface area contributed by atoms with E-state index in [1.807, 2.05) is 4.90 Å². The van der Waals surface area contributed by atoms with E-state index in [-0.39, 0.29) is 48.4 Å². The molecule has 0 spiro atoms. The van der Waals surface area contributed by atoms with E-state index in [2.05, 4.69) is 10.3 Å². The Morgan fingerprint density at radius 3 is 2.59 bits per heavy atom. The maximum Gasteiger partial charge on any atom is 0.257 e. The second-order valence-corrected chi connectivity index (χ2v) is 10.4. The number of rotatable bonds is 8. The van der Waals surface area contributed by atoms with Crippen molar-refractivity contribution in [3.8, 4) is 5.75 Å². The normalized spacial score (nSPS) is 24.8. The summed E-state index contributed by atoms with van der Waals surface area (Å²) in [4.78, 5) is 34.8. The molecule has 1 aromatic heterocycles. The number of aromatic nitrogens is 1. The third kappa shape index (κ3) is 5.67. The van der Waals surface area contributed by atoms with E-state index in [1.165, 1.54) is 18.3 Å². The van der Waals surface area contributed by atoms with Crippen molar-refractivity contribution in [2.45, 2.75) is 62.8 Å². The Hall–Kier alpha value is -2.91. The van der Waals surface area contributed by atoms with Gasteiger partial charge in [0.2, 0.25) is 5.91 Å². The van der Waals surface area contributed by atoms with E-state index in [4.69, 9.17) is 21.1 Å². The molecule has 0 saturated carbocycles. The number of piperidine rings is 1. The zero-order valence-electron chi connectivity index (χ0n) is 20.9. The number of carbonyl (C=O) groups is 2. The Bertz CT molecular complexity index is 1120. The van der Waals surface area contributed by atoms with Crippen LogP contribution in [0, 0.1) is 5.82 Å². The van der Waals surface area contributed by atoms with Crippen LogP contribution in [-0.4, -0.2) is 77.6 Å². The molecule has 2 bridgehead atoms. The van der Waals surface area contributed by atoms with Gasteiger partial charge in [0, 0.05) is 44.8 Å². The van der Waals surface area contributed by atoms with E-state index < -0.39 is 0 Å². The lowest BCUT2D eigenvalue weighted by Crippen LogP contribution is -2.51. The molecule has 3 aliphatic rings. The molecule has 4 atom stereocenters. The molecule has 2 aromatic rings. The van der Waals surface area contributed by atoms with E-state index in [0.29, 0.717) is 35.3 Å². The van der Waals surface area contributed by atoms with Gasteiger partial charge >= 0.3 is 0 Å². The van der Waals surface area contributed by atoms with E-state index in [9.17, 15) is 14.0 Å². The van der Waals surface area contributed by atoms with Crippen LogP contribution in [0.2, 0.25) is 5.02 Å². The number of anilines is 1. The highest BCUT2D eigenvalue weighted by atomic mass is 35.5. The van der Waals surface area contributed by atoms with Crippen LogP contribution in [0.25, 0.3) is 0 Å². The lowest BCUT2D eigenvalue weighted by atomic mass is 9.99. The number of carbonyl (C=O) groups excluding carboxylic acids is 2. The SMILES string of the molecule is COC[C@H]1CCCN1C(=O)c1cc(Cl)cnc1NCC(=O)N1[C@@H]2CC[C@H]1CC(Oc1ccc(F)cc1)C2. The molecule has 1 N–H and O–H groups in total. The molecule has 3 aliphatic heterocycles. The van der Waals surface area contributed by atoms with E-state index in [1.54, 1.807) is 30.2 Å². The molecule has 0 radical (unpaired) electrons. The minimum Gasteiger partial charge on any atom is -0.490 e. The van der Waals surface area contributed by atoms with Crippen molar-refractivity contribution in [2.75, 3.05) is 32.1 Å². The number of nitrogens with one attached hydrogen (secondary N) is 1. The van der Waals surface area contributed by atoms with Gasteiger partial charge in [-0.3, -0.25) is 9.59 Å². The van der Waals surface area contributed by atoms with Crippen molar-refractivity contribution in [3.63, 3.8) is 0 Å². The zero-order chi connectivity index (χ0) is 25.9. The fourth-order valence-corrected chi connectivity index (χ4v) is 6.11. The third-order valence-electron chi connectivity index (χ3n) is 7.58. The summed E-state index contributed by atoms with van der Waals surface area (Å²) in [6, 6.07) is 7.86. The van der Waals surface area contributed by atoms with Gasteiger partial charge in [-0.25, -0.2) is 9.37 Å². The van der Waals surface area contributed by atoms with Gasteiger partial charge in [-0.1, -0.05) is 11.6 Å². The van der Waals surface area contributed by atoms with Crippen molar-refractivity contribution in [1.29, 1.82) is 0 Å². The van der Waals surface area contributed by atoms with Crippen LogP contribution in [0.4, 0.5) is 10.2 Å². The lowest BCUT2D eigenvalue weighted by molar-refractivity contribution is -0.135. The molecule has 3 fully saturated rings. The van der Waals surface area contributed by atoms with Crippen molar-refractivity contribution in [3.05, 3.63) is 52.9 Å². The second kappa shape index (κ2) is 11.2. The first kappa shape index (κ1) is 25.7. The summed E-state index contributed by atoms with van der Waals surface area (Å²) < 4.78 is 24.6. The Balaban J connectivity index is 1.22. The molecular formula is C27H32ClFN4O4. The standard InChI is InChI=1S/C27H32ClFN4O4/c1-36-16-21-3-2-10-32(21)27(35)24-11-17(28)14-30-26(24)31-15-25(34)33-19-6-7-20(33)13-23(12-19)37-22-8-4-18(29)5-9-22/h4-5,8-9,11,14,19-21,23H,2-3,6-7,10,12-13,15-16H2,1H3,(H,30,31)/t19-,20+,21-,23?/m1/s1. The molecule has 1 unspecified atom stereocenters. The van der Waals surface area contributed by atoms with Crippen LogP contribution in [-0.2, 0) is 9.53 Å². The van der Waals surface area contributed by atoms with E-state index >= 15 is 0 Å². The topological polar surface area (TPSA) is 84.0 Å². The molecule has 5 rings (SSSR count). The summed E-state index contributed by atoms with van der Waals surface area (Å²) in [5, 5.41) is 3.47. The van der Waals surface area contributed by atoms with Gasteiger partial charge in [0.05, 0.1) is 29.8 Å². The Kier molecular flexibility index (Phi) is 7.81. The maximum atomic E-state index is 13.4. The van der Waals surface area contributed by atoms with Crippen LogP contribution < -0.4 is 10.1 Å². The molecule has 1 aromatic carbocycles. The predicted molar refractivity (Wildman–Crippen MR) is 137 cm³/mol. The van der Waals surface area contributed by atoms with E-state index in [0.717, 1.165) is 38.5 Å². The number of hydrogen-bond donors (Lipinski definition) is 1. The predicted octanol–water partition coefficient (Wildman–Crippen LogP) is 4.14. The first-order valence-electron chi connectivity index (χ1n) is 12.9. The van der Waals surface area contributed by atoms with Gasteiger partial charge in [0.1, 0.15) is 23.5 Å². The smallest absolute Gasteiger partial charge is 0.257 e. The van der Waals surface area contributed by atoms with Crippen LogP contribution in [0.5, 0.6) is 5.75 Å². The number of likely N-dealkylation sites (tertiary alicyclic amines) is 1. The molecule has 3 saturated heterocycles. The fourth-order valence-electron chi connectivity index (χ4n) is 5.95.